The van der Waals surface area contributed by atoms with Gasteiger partial charge in [-0.2, -0.15) is 0 Å². The molecule has 0 saturated carbocycles. The quantitative estimate of drug-likeness (QED) is 0.432. The molecule has 3 rings (SSSR count). The Kier molecular flexibility index (Phi) is 5.48. The standard InChI is InChI=1S/C24H24NOP/c1-19(21-15-17-22(18-16-21)25(3)4)20(2)27(26,23-11-7-5-8-12-23)24-13-9-6-10-14-24/h5-18H,1-2H2,3-4H3. The second-order valence-electron chi connectivity index (χ2n) is 6.65. The van der Waals surface area contributed by atoms with Crippen molar-refractivity contribution in [1.82, 2.24) is 0 Å². The summed E-state index contributed by atoms with van der Waals surface area (Å²) in [5, 5.41) is 2.11. The van der Waals surface area contributed by atoms with Crippen molar-refractivity contribution in [3.05, 3.63) is 109 Å². The minimum absolute atomic E-state index is 0.567. The van der Waals surface area contributed by atoms with Crippen LogP contribution in [-0.2, 0) is 4.57 Å². The van der Waals surface area contributed by atoms with E-state index in [9.17, 15) is 4.57 Å². The van der Waals surface area contributed by atoms with E-state index in [1.54, 1.807) is 0 Å². The molecule has 0 heterocycles. The highest BCUT2D eigenvalue weighted by Crippen LogP contribution is 2.55. The van der Waals surface area contributed by atoms with E-state index in [-0.39, 0.29) is 0 Å². The zero-order valence-electron chi connectivity index (χ0n) is 15.8. The highest BCUT2D eigenvalue weighted by Gasteiger charge is 2.32. The van der Waals surface area contributed by atoms with Crippen LogP contribution in [0.25, 0.3) is 5.57 Å². The summed E-state index contributed by atoms with van der Waals surface area (Å²) in [5.41, 5.74) is 2.74. The summed E-state index contributed by atoms with van der Waals surface area (Å²) < 4.78 is 14.3. The third kappa shape index (κ3) is 3.67. The summed E-state index contributed by atoms with van der Waals surface area (Å²) >= 11 is 0. The molecule has 0 aliphatic rings. The lowest BCUT2D eigenvalue weighted by atomic mass is 10.1. The number of hydrogen-bond acceptors (Lipinski definition) is 2. The number of hydrogen-bond donors (Lipinski definition) is 0. The first-order chi connectivity index (χ1) is 12.9. The maximum absolute atomic E-state index is 14.3. The number of allylic oxidation sites excluding steroid dienone is 2. The van der Waals surface area contributed by atoms with E-state index in [1.807, 2.05) is 104 Å². The summed E-state index contributed by atoms with van der Waals surface area (Å²) in [5.74, 6) is 0. The Hall–Kier alpha value is -2.83. The van der Waals surface area contributed by atoms with Crippen molar-refractivity contribution >= 4 is 29.0 Å². The normalized spacial score (nSPS) is 11.0. The van der Waals surface area contributed by atoms with Gasteiger partial charge in [0, 0.05) is 35.7 Å². The molecule has 3 aromatic rings. The van der Waals surface area contributed by atoms with Crippen LogP contribution in [0.1, 0.15) is 5.56 Å². The molecule has 0 saturated heterocycles. The third-order valence-corrected chi connectivity index (χ3v) is 7.78. The minimum Gasteiger partial charge on any atom is -0.378 e. The Balaban J connectivity index is 2.06. The monoisotopic (exact) mass is 373 g/mol. The molecule has 0 aliphatic heterocycles. The van der Waals surface area contributed by atoms with Crippen molar-refractivity contribution in [3.8, 4) is 0 Å². The lowest BCUT2D eigenvalue weighted by molar-refractivity contribution is 0.591. The fourth-order valence-corrected chi connectivity index (χ4v) is 5.67. The van der Waals surface area contributed by atoms with Gasteiger partial charge in [0.1, 0.15) is 0 Å². The van der Waals surface area contributed by atoms with Crippen molar-refractivity contribution < 1.29 is 4.57 Å². The predicted octanol–water partition coefficient (Wildman–Crippen LogP) is 5.29. The largest absolute Gasteiger partial charge is 0.378 e. The number of rotatable bonds is 6. The average Bonchev–Trinajstić information content (AvgIpc) is 2.73. The van der Waals surface area contributed by atoms with Gasteiger partial charge in [0.2, 0.25) is 0 Å². The predicted molar refractivity (Wildman–Crippen MR) is 119 cm³/mol. The molecule has 0 atom stereocenters. The molecule has 0 fully saturated rings. The molecule has 0 aromatic heterocycles. The fraction of sp³-hybridized carbons (Fsp3) is 0.0833. The molecule has 2 nitrogen and oxygen atoms in total. The highest BCUT2D eigenvalue weighted by molar-refractivity contribution is 7.83. The van der Waals surface area contributed by atoms with Gasteiger partial charge in [-0.3, -0.25) is 0 Å². The smallest absolute Gasteiger partial charge is 0.171 e. The van der Waals surface area contributed by atoms with Crippen LogP contribution in [0.5, 0.6) is 0 Å². The Morgan fingerprint density at radius 2 is 1.19 bits per heavy atom. The summed E-state index contributed by atoms with van der Waals surface area (Å²) in [7, 11) is 0.931. The van der Waals surface area contributed by atoms with Crippen LogP contribution in [-0.4, -0.2) is 14.1 Å². The average molecular weight is 373 g/mol. The maximum Gasteiger partial charge on any atom is 0.171 e. The number of anilines is 1. The highest BCUT2D eigenvalue weighted by atomic mass is 31.2. The van der Waals surface area contributed by atoms with E-state index in [2.05, 4.69) is 13.2 Å². The van der Waals surface area contributed by atoms with E-state index in [0.29, 0.717) is 10.9 Å². The van der Waals surface area contributed by atoms with E-state index in [1.165, 1.54) is 0 Å². The Labute approximate surface area is 161 Å². The SMILES string of the molecule is C=C(C(=C)P(=O)(c1ccccc1)c1ccccc1)c1ccc(N(C)C)cc1. The van der Waals surface area contributed by atoms with Gasteiger partial charge in [0.15, 0.2) is 7.14 Å². The van der Waals surface area contributed by atoms with E-state index in [4.69, 9.17) is 0 Å². The summed E-state index contributed by atoms with van der Waals surface area (Å²) in [4.78, 5) is 2.04. The van der Waals surface area contributed by atoms with Gasteiger partial charge in [0.05, 0.1) is 0 Å². The van der Waals surface area contributed by atoms with Crippen LogP contribution in [0.3, 0.4) is 0 Å². The van der Waals surface area contributed by atoms with Gasteiger partial charge < -0.3 is 9.46 Å². The van der Waals surface area contributed by atoms with Crippen molar-refractivity contribution in [2.24, 2.45) is 0 Å². The second-order valence-corrected chi connectivity index (χ2v) is 9.44. The lowest BCUT2D eigenvalue weighted by Crippen LogP contribution is -2.17. The molecule has 136 valence electrons. The van der Waals surface area contributed by atoms with Crippen molar-refractivity contribution in [2.45, 2.75) is 0 Å². The van der Waals surface area contributed by atoms with Gasteiger partial charge in [-0.15, -0.1) is 0 Å². The molecule has 0 spiro atoms. The minimum atomic E-state index is -3.07. The fourth-order valence-electron chi connectivity index (χ4n) is 3.05. The molecular formula is C24H24NOP. The molecule has 0 amide bonds. The summed E-state index contributed by atoms with van der Waals surface area (Å²) in [6, 6.07) is 27.2. The van der Waals surface area contributed by atoms with Gasteiger partial charge in [-0.05, 0) is 23.3 Å². The second kappa shape index (κ2) is 7.82. The zero-order chi connectivity index (χ0) is 19.4. The topological polar surface area (TPSA) is 20.3 Å². The molecule has 0 unspecified atom stereocenters. The Morgan fingerprint density at radius 3 is 1.59 bits per heavy atom. The van der Waals surface area contributed by atoms with Gasteiger partial charge in [-0.1, -0.05) is 86.0 Å². The lowest BCUT2D eigenvalue weighted by Gasteiger charge is -2.23. The zero-order valence-corrected chi connectivity index (χ0v) is 16.7. The van der Waals surface area contributed by atoms with Gasteiger partial charge in [-0.25, -0.2) is 0 Å². The van der Waals surface area contributed by atoms with Crippen LogP contribution < -0.4 is 15.5 Å². The molecule has 0 radical (unpaired) electrons. The first-order valence-electron chi connectivity index (χ1n) is 8.82. The van der Waals surface area contributed by atoms with Crippen LogP contribution >= 0.6 is 7.14 Å². The third-order valence-electron chi connectivity index (χ3n) is 4.70. The molecule has 0 aliphatic carbocycles. The van der Waals surface area contributed by atoms with Crippen molar-refractivity contribution in [3.63, 3.8) is 0 Å². The van der Waals surface area contributed by atoms with Crippen LogP contribution in [0.2, 0.25) is 0 Å². The van der Waals surface area contributed by atoms with Crippen LogP contribution in [0.15, 0.2) is 103 Å². The van der Waals surface area contributed by atoms with Gasteiger partial charge in [0.25, 0.3) is 0 Å². The summed E-state index contributed by atoms with van der Waals surface area (Å²) in [6.07, 6.45) is 0. The molecule has 3 heteroatoms. The Bertz CT molecular complexity index is 946. The van der Waals surface area contributed by atoms with Crippen LogP contribution in [0.4, 0.5) is 5.69 Å². The first kappa shape index (κ1) is 18.9. The number of nitrogens with zero attached hydrogens (tertiary/aromatic N) is 1. The molecule has 0 N–H and O–H groups in total. The Morgan fingerprint density at radius 1 is 0.741 bits per heavy atom. The van der Waals surface area contributed by atoms with Crippen molar-refractivity contribution in [2.75, 3.05) is 19.0 Å². The van der Waals surface area contributed by atoms with E-state index in [0.717, 1.165) is 21.9 Å². The molecule has 3 aromatic carbocycles. The molecule has 27 heavy (non-hydrogen) atoms. The number of benzene rings is 3. The van der Waals surface area contributed by atoms with E-state index >= 15 is 0 Å². The van der Waals surface area contributed by atoms with E-state index < -0.39 is 7.14 Å². The van der Waals surface area contributed by atoms with Crippen molar-refractivity contribution in [1.29, 1.82) is 0 Å². The molecular weight excluding hydrogens is 349 g/mol. The summed E-state index contributed by atoms with van der Waals surface area (Å²) in [6.45, 7) is 8.47. The first-order valence-corrected chi connectivity index (χ1v) is 10.5. The van der Waals surface area contributed by atoms with Crippen LogP contribution in [0, 0.1) is 0 Å². The maximum atomic E-state index is 14.3. The molecule has 0 bridgehead atoms. The van der Waals surface area contributed by atoms with Gasteiger partial charge >= 0.3 is 0 Å².